The molecule has 1 aliphatic carbocycles. The van der Waals surface area contributed by atoms with E-state index in [9.17, 15) is 0 Å². The fourth-order valence-corrected chi connectivity index (χ4v) is 1.86. The summed E-state index contributed by atoms with van der Waals surface area (Å²) in [4.78, 5) is 8.32. The molecule has 1 heterocycles. The number of hydrogen-bond acceptors (Lipinski definition) is 4. The van der Waals surface area contributed by atoms with Gasteiger partial charge in [-0.3, -0.25) is 0 Å². The number of nitrogens with one attached hydrogen (secondary N) is 1. The Labute approximate surface area is 88.0 Å². The van der Waals surface area contributed by atoms with Crippen LogP contribution in [-0.2, 0) is 0 Å². The van der Waals surface area contributed by atoms with Gasteiger partial charge in [0.2, 0.25) is 0 Å². The zero-order chi connectivity index (χ0) is 9.80. The molecule has 0 saturated heterocycles. The summed E-state index contributed by atoms with van der Waals surface area (Å²) in [5.41, 5.74) is 0. The molecule has 14 heavy (non-hydrogen) atoms. The topological polar surface area (TPSA) is 37.8 Å². The third-order valence-corrected chi connectivity index (χ3v) is 2.85. The molecule has 0 amide bonds. The van der Waals surface area contributed by atoms with Crippen molar-refractivity contribution in [1.82, 2.24) is 9.97 Å². The summed E-state index contributed by atoms with van der Waals surface area (Å²) in [5, 5.41) is 4.40. The van der Waals surface area contributed by atoms with Crippen LogP contribution in [0.2, 0.25) is 0 Å². The van der Waals surface area contributed by atoms with Crippen LogP contribution in [0.15, 0.2) is 29.6 Å². The van der Waals surface area contributed by atoms with E-state index in [1.165, 1.54) is 0 Å². The lowest BCUT2D eigenvalue weighted by Crippen LogP contribution is -2.15. The van der Waals surface area contributed by atoms with Crippen molar-refractivity contribution in [3.63, 3.8) is 0 Å². The molecule has 0 unspecified atom stereocenters. The van der Waals surface area contributed by atoms with Gasteiger partial charge in [-0.15, -0.1) is 11.8 Å². The molecule has 0 aromatic carbocycles. The monoisotopic (exact) mass is 207 g/mol. The van der Waals surface area contributed by atoms with E-state index < -0.39 is 0 Å². The second-order valence-corrected chi connectivity index (χ2v) is 4.06. The average molecular weight is 207 g/mol. The maximum atomic E-state index is 4.19. The Hall–Kier alpha value is -1.03. The molecule has 0 spiro atoms. The predicted molar refractivity (Wildman–Crippen MR) is 59.6 cm³/mol. The third-order valence-electron chi connectivity index (χ3n) is 2.21. The molecule has 0 fully saturated rings. The van der Waals surface area contributed by atoms with Crippen LogP contribution in [-0.4, -0.2) is 22.3 Å². The van der Waals surface area contributed by atoms with Crippen LogP contribution < -0.4 is 5.32 Å². The molecule has 0 bridgehead atoms. The van der Waals surface area contributed by atoms with E-state index in [4.69, 9.17) is 0 Å². The zero-order valence-corrected chi connectivity index (χ0v) is 8.92. The van der Waals surface area contributed by atoms with Crippen molar-refractivity contribution in [2.24, 2.45) is 0 Å². The minimum atomic E-state index is 0.514. The van der Waals surface area contributed by atoms with Crippen LogP contribution in [0.5, 0.6) is 0 Å². The van der Waals surface area contributed by atoms with Gasteiger partial charge in [0.05, 0.1) is 0 Å². The standard InChI is InChI=1S/C10H13N3S/c1-14-10-6-9(11-7-12-10)13-8-4-2-3-5-8/h2-3,6-8H,4-5H2,1H3,(H,11,12,13). The molecule has 1 aromatic rings. The summed E-state index contributed by atoms with van der Waals surface area (Å²) >= 11 is 1.63. The lowest BCUT2D eigenvalue weighted by atomic mass is 10.2. The third kappa shape index (κ3) is 2.26. The number of thioether (sulfide) groups is 1. The van der Waals surface area contributed by atoms with Gasteiger partial charge in [0.25, 0.3) is 0 Å². The van der Waals surface area contributed by atoms with Crippen molar-refractivity contribution in [2.45, 2.75) is 23.9 Å². The normalized spacial score (nSPS) is 16.1. The minimum Gasteiger partial charge on any atom is -0.367 e. The number of hydrogen-bond donors (Lipinski definition) is 1. The van der Waals surface area contributed by atoms with Gasteiger partial charge in [0, 0.05) is 12.1 Å². The summed E-state index contributed by atoms with van der Waals surface area (Å²) in [6, 6.07) is 2.50. The summed E-state index contributed by atoms with van der Waals surface area (Å²) in [6.07, 6.45) is 10.2. The van der Waals surface area contributed by atoms with E-state index in [1.54, 1.807) is 18.1 Å². The van der Waals surface area contributed by atoms with Gasteiger partial charge in [0.1, 0.15) is 17.2 Å². The highest BCUT2D eigenvalue weighted by atomic mass is 32.2. The molecule has 74 valence electrons. The summed E-state index contributed by atoms with van der Waals surface area (Å²) in [6.45, 7) is 0. The van der Waals surface area contributed by atoms with Crippen molar-refractivity contribution in [3.05, 3.63) is 24.5 Å². The Morgan fingerprint density at radius 1 is 1.36 bits per heavy atom. The van der Waals surface area contributed by atoms with Crippen molar-refractivity contribution in [1.29, 1.82) is 0 Å². The fraction of sp³-hybridized carbons (Fsp3) is 0.400. The molecule has 0 atom stereocenters. The number of nitrogens with zero attached hydrogens (tertiary/aromatic N) is 2. The Morgan fingerprint density at radius 3 is 2.86 bits per heavy atom. The van der Waals surface area contributed by atoms with E-state index in [-0.39, 0.29) is 0 Å². The molecular formula is C10H13N3S. The SMILES string of the molecule is CSc1cc(NC2CC=CC2)ncn1. The molecule has 2 rings (SSSR count). The van der Waals surface area contributed by atoms with Crippen LogP contribution >= 0.6 is 11.8 Å². The first-order chi connectivity index (χ1) is 6.88. The van der Waals surface area contributed by atoms with E-state index in [2.05, 4.69) is 27.4 Å². The molecule has 0 radical (unpaired) electrons. The van der Waals surface area contributed by atoms with Crippen LogP contribution in [0.1, 0.15) is 12.8 Å². The second-order valence-electron chi connectivity index (χ2n) is 3.23. The second kappa shape index (κ2) is 4.46. The first-order valence-electron chi connectivity index (χ1n) is 4.66. The Kier molecular flexibility index (Phi) is 3.03. The van der Waals surface area contributed by atoms with Crippen molar-refractivity contribution in [3.8, 4) is 0 Å². The summed E-state index contributed by atoms with van der Waals surface area (Å²) in [5.74, 6) is 0.929. The minimum absolute atomic E-state index is 0.514. The summed E-state index contributed by atoms with van der Waals surface area (Å²) in [7, 11) is 0. The van der Waals surface area contributed by atoms with Gasteiger partial charge >= 0.3 is 0 Å². The predicted octanol–water partition coefficient (Wildman–Crippen LogP) is 2.33. The lowest BCUT2D eigenvalue weighted by Gasteiger charge is -2.12. The van der Waals surface area contributed by atoms with E-state index in [0.29, 0.717) is 6.04 Å². The van der Waals surface area contributed by atoms with Gasteiger partial charge < -0.3 is 5.32 Å². The van der Waals surface area contributed by atoms with Crippen LogP contribution in [0.4, 0.5) is 5.82 Å². The number of aromatic nitrogens is 2. The van der Waals surface area contributed by atoms with Crippen LogP contribution in [0.25, 0.3) is 0 Å². The Balaban J connectivity index is 2.01. The van der Waals surface area contributed by atoms with Crippen molar-refractivity contribution >= 4 is 17.6 Å². The van der Waals surface area contributed by atoms with Crippen LogP contribution in [0.3, 0.4) is 0 Å². The Bertz CT molecular complexity index is 330. The fourth-order valence-electron chi connectivity index (χ4n) is 1.47. The van der Waals surface area contributed by atoms with Gasteiger partial charge in [-0.25, -0.2) is 9.97 Å². The van der Waals surface area contributed by atoms with Gasteiger partial charge in [0.15, 0.2) is 0 Å². The van der Waals surface area contributed by atoms with E-state index >= 15 is 0 Å². The van der Waals surface area contributed by atoms with Crippen molar-refractivity contribution < 1.29 is 0 Å². The maximum Gasteiger partial charge on any atom is 0.130 e. The molecule has 1 aromatic heterocycles. The quantitative estimate of drug-likeness (QED) is 0.469. The average Bonchev–Trinajstić information content (AvgIpc) is 2.71. The zero-order valence-electron chi connectivity index (χ0n) is 8.10. The molecule has 0 aliphatic heterocycles. The first-order valence-corrected chi connectivity index (χ1v) is 5.88. The van der Waals surface area contributed by atoms with Crippen LogP contribution in [0, 0.1) is 0 Å². The Morgan fingerprint density at radius 2 is 2.14 bits per heavy atom. The maximum absolute atomic E-state index is 4.19. The first kappa shape index (κ1) is 9.52. The molecule has 0 saturated carbocycles. The summed E-state index contributed by atoms with van der Waals surface area (Å²) < 4.78 is 0. The highest BCUT2D eigenvalue weighted by molar-refractivity contribution is 7.98. The largest absolute Gasteiger partial charge is 0.367 e. The molecular weight excluding hydrogens is 194 g/mol. The number of rotatable bonds is 3. The van der Waals surface area contributed by atoms with E-state index in [1.807, 2.05) is 12.3 Å². The smallest absolute Gasteiger partial charge is 0.130 e. The van der Waals surface area contributed by atoms with Crippen molar-refractivity contribution in [2.75, 3.05) is 11.6 Å². The highest BCUT2D eigenvalue weighted by Gasteiger charge is 2.10. The van der Waals surface area contributed by atoms with Gasteiger partial charge in [-0.1, -0.05) is 12.2 Å². The molecule has 3 nitrogen and oxygen atoms in total. The number of anilines is 1. The lowest BCUT2D eigenvalue weighted by molar-refractivity contribution is 0.778. The molecule has 1 N–H and O–H groups in total. The van der Waals surface area contributed by atoms with E-state index in [0.717, 1.165) is 23.7 Å². The van der Waals surface area contributed by atoms with Gasteiger partial charge in [-0.05, 0) is 19.1 Å². The van der Waals surface area contributed by atoms with Gasteiger partial charge in [-0.2, -0.15) is 0 Å². The molecule has 1 aliphatic rings. The highest BCUT2D eigenvalue weighted by Crippen LogP contribution is 2.18. The molecule has 4 heteroatoms.